The zero-order chi connectivity index (χ0) is 15.2. The van der Waals surface area contributed by atoms with Crippen molar-refractivity contribution in [3.8, 4) is 11.4 Å². The van der Waals surface area contributed by atoms with Gasteiger partial charge in [-0.25, -0.2) is 4.79 Å². The molecular weight excluding hydrogens is 298 g/mol. The van der Waals surface area contributed by atoms with Gasteiger partial charge < -0.3 is 9.84 Å². The average molecular weight is 309 g/mol. The first-order valence-electron chi connectivity index (χ1n) is 5.68. The third kappa shape index (κ3) is 3.92. The second-order valence-electron chi connectivity index (χ2n) is 3.72. The number of rotatable bonds is 4. The molecule has 0 bridgehead atoms. The molecule has 2 aromatic rings. The fourth-order valence-electron chi connectivity index (χ4n) is 1.36. The number of carbonyl (C=O) groups is 2. The summed E-state index contributed by atoms with van der Waals surface area (Å²) < 4.78 is 5.73. The lowest BCUT2D eigenvalue weighted by Gasteiger charge is -2.04. The van der Waals surface area contributed by atoms with E-state index < -0.39 is 12.0 Å². The van der Waals surface area contributed by atoms with Gasteiger partial charge in [-0.3, -0.25) is 10.1 Å². The Hall–Kier alpha value is -2.62. The number of thioether (sulfide) groups is 1. The van der Waals surface area contributed by atoms with E-state index in [1.165, 1.54) is 23.9 Å². The fraction of sp³-hybridized carbons (Fsp3) is 0.182. The lowest BCUT2D eigenvalue weighted by Crippen LogP contribution is -2.31. The van der Waals surface area contributed by atoms with E-state index in [1.807, 2.05) is 5.32 Å². The number of alkyl carbamates (subject to hydrolysis) is 1. The Morgan fingerprint density at radius 1 is 1.38 bits per heavy atom. The minimum Gasteiger partial charge on any atom is -0.508 e. The van der Waals surface area contributed by atoms with Crippen molar-refractivity contribution in [1.82, 2.24) is 25.5 Å². The van der Waals surface area contributed by atoms with Crippen LogP contribution in [0.15, 0.2) is 29.4 Å². The van der Waals surface area contributed by atoms with Gasteiger partial charge in [-0.2, -0.15) is 4.68 Å². The van der Waals surface area contributed by atoms with Gasteiger partial charge in [-0.05, 0) is 34.7 Å². The van der Waals surface area contributed by atoms with Crippen molar-refractivity contribution < 1.29 is 19.4 Å². The maximum Gasteiger partial charge on any atom is 0.413 e. The van der Waals surface area contributed by atoms with Crippen LogP contribution in [0.4, 0.5) is 4.79 Å². The average Bonchev–Trinajstić information content (AvgIpc) is 2.94. The van der Waals surface area contributed by atoms with Crippen LogP contribution in [0.25, 0.3) is 5.69 Å². The van der Waals surface area contributed by atoms with Gasteiger partial charge in [0.2, 0.25) is 11.1 Å². The summed E-state index contributed by atoms with van der Waals surface area (Å²) in [5, 5.41) is 22.8. The van der Waals surface area contributed by atoms with Gasteiger partial charge in [-0.1, -0.05) is 11.8 Å². The number of tetrazole rings is 1. The Labute approximate surface area is 123 Å². The van der Waals surface area contributed by atoms with E-state index >= 15 is 0 Å². The highest BCUT2D eigenvalue weighted by atomic mass is 32.2. The predicted octanol–water partition coefficient (Wildman–Crippen LogP) is 0.343. The maximum absolute atomic E-state index is 11.5. The predicted molar refractivity (Wildman–Crippen MR) is 72.1 cm³/mol. The SMILES string of the molecule is COC(=O)NC(=O)CSc1nnnn1-c1ccc(O)cc1. The molecule has 0 atom stereocenters. The summed E-state index contributed by atoms with van der Waals surface area (Å²) in [7, 11) is 1.17. The van der Waals surface area contributed by atoms with Crippen LogP contribution >= 0.6 is 11.8 Å². The summed E-state index contributed by atoms with van der Waals surface area (Å²) in [5.41, 5.74) is 0.633. The fourth-order valence-corrected chi connectivity index (χ4v) is 2.05. The molecule has 0 fully saturated rings. The van der Waals surface area contributed by atoms with Crippen LogP contribution in [-0.2, 0) is 9.53 Å². The maximum atomic E-state index is 11.5. The van der Waals surface area contributed by atoms with Crippen molar-refractivity contribution >= 4 is 23.8 Å². The van der Waals surface area contributed by atoms with Crippen molar-refractivity contribution in [3.05, 3.63) is 24.3 Å². The van der Waals surface area contributed by atoms with Crippen LogP contribution in [-0.4, -0.2) is 50.2 Å². The van der Waals surface area contributed by atoms with Gasteiger partial charge in [0.25, 0.3) is 0 Å². The Balaban J connectivity index is 2.02. The van der Waals surface area contributed by atoms with Crippen molar-refractivity contribution in [3.63, 3.8) is 0 Å². The number of phenols is 1. The molecule has 0 aliphatic rings. The first-order chi connectivity index (χ1) is 10.1. The van der Waals surface area contributed by atoms with E-state index in [-0.39, 0.29) is 11.5 Å². The number of hydrogen-bond donors (Lipinski definition) is 2. The van der Waals surface area contributed by atoms with Crippen molar-refractivity contribution in [2.24, 2.45) is 0 Å². The highest BCUT2D eigenvalue weighted by Gasteiger charge is 2.13. The summed E-state index contributed by atoms with van der Waals surface area (Å²) in [6, 6.07) is 6.25. The van der Waals surface area contributed by atoms with Crippen LogP contribution in [0.5, 0.6) is 5.75 Å². The molecule has 0 unspecified atom stereocenters. The van der Waals surface area contributed by atoms with Crippen molar-refractivity contribution in [1.29, 1.82) is 0 Å². The molecule has 0 saturated heterocycles. The lowest BCUT2D eigenvalue weighted by atomic mass is 10.3. The second kappa shape index (κ2) is 6.70. The number of amides is 2. The number of nitrogens with one attached hydrogen (secondary N) is 1. The highest BCUT2D eigenvalue weighted by molar-refractivity contribution is 7.99. The lowest BCUT2D eigenvalue weighted by molar-refractivity contribution is -0.117. The Morgan fingerprint density at radius 3 is 2.76 bits per heavy atom. The standard InChI is InChI=1S/C11H11N5O4S/c1-20-11(19)12-9(18)6-21-10-13-14-15-16(10)7-2-4-8(17)5-3-7/h2-5,17H,6H2,1H3,(H,12,18,19). The molecule has 9 nitrogen and oxygen atoms in total. The second-order valence-corrected chi connectivity index (χ2v) is 4.66. The third-order valence-corrected chi connectivity index (χ3v) is 3.21. The van der Waals surface area contributed by atoms with Crippen LogP contribution in [0, 0.1) is 0 Å². The molecule has 2 rings (SSSR count). The van der Waals surface area contributed by atoms with Crippen molar-refractivity contribution in [2.75, 3.05) is 12.9 Å². The number of nitrogens with zero attached hydrogens (tertiary/aromatic N) is 4. The van der Waals surface area contributed by atoms with E-state index in [1.54, 1.807) is 12.1 Å². The van der Waals surface area contributed by atoms with Gasteiger partial charge in [-0.15, -0.1) is 5.10 Å². The summed E-state index contributed by atoms with van der Waals surface area (Å²) in [6.07, 6.45) is -0.821. The number of methoxy groups -OCH3 is 1. The Bertz CT molecular complexity index is 642. The number of imide groups is 1. The summed E-state index contributed by atoms with van der Waals surface area (Å²) in [6.45, 7) is 0. The number of carbonyl (C=O) groups excluding carboxylic acids is 2. The van der Waals surface area contributed by atoms with Crippen LogP contribution < -0.4 is 5.32 Å². The minimum atomic E-state index is -0.821. The normalized spacial score (nSPS) is 10.1. The molecule has 0 aliphatic carbocycles. The minimum absolute atomic E-state index is 0.0481. The van der Waals surface area contributed by atoms with E-state index in [0.717, 1.165) is 11.8 Å². The van der Waals surface area contributed by atoms with Gasteiger partial charge in [0.1, 0.15) is 5.75 Å². The molecule has 0 spiro atoms. The number of ether oxygens (including phenoxy) is 1. The van der Waals surface area contributed by atoms with Gasteiger partial charge in [0.15, 0.2) is 0 Å². The van der Waals surface area contributed by atoms with Gasteiger partial charge >= 0.3 is 6.09 Å². The molecule has 21 heavy (non-hydrogen) atoms. The number of benzene rings is 1. The summed E-state index contributed by atoms with van der Waals surface area (Å²) in [5.74, 6) is -0.446. The molecule has 2 N–H and O–H groups in total. The molecule has 0 radical (unpaired) electrons. The van der Waals surface area contributed by atoms with E-state index in [2.05, 4.69) is 20.3 Å². The monoisotopic (exact) mass is 309 g/mol. The Kier molecular flexibility index (Phi) is 4.72. The topological polar surface area (TPSA) is 119 Å². The van der Waals surface area contributed by atoms with Crippen LogP contribution in [0.1, 0.15) is 0 Å². The zero-order valence-corrected chi connectivity index (χ0v) is 11.7. The number of aromatic nitrogens is 4. The van der Waals surface area contributed by atoms with Crippen molar-refractivity contribution in [2.45, 2.75) is 5.16 Å². The molecule has 2 amide bonds. The van der Waals surface area contributed by atoms with Gasteiger partial charge in [0, 0.05) is 0 Å². The molecular formula is C11H11N5O4S. The van der Waals surface area contributed by atoms with Crippen LogP contribution in [0.3, 0.4) is 0 Å². The molecule has 1 heterocycles. The summed E-state index contributed by atoms with van der Waals surface area (Å²) in [4.78, 5) is 22.3. The molecule has 0 aliphatic heterocycles. The molecule has 1 aromatic heterocycles. The van der Waals surface area contributed by atoms with Gasteiger partial charge in [0.05, 0.1) is 18.6 Å². The number of aromatic hydroxyl groups is 1. The molecule has 0 saturated carbocycles. The molecule has 10 heteroatoms. The zero-order valence-electron chi connectivity index (χ0n) is 10.9. The molecule has 1 aromatic carbocycles. The quantitative estimate of drug-likeness (QED) is 0.776. The first-order valence-corrected chi connectivity index (χ1v) is 6.67. The number of phenolic OH excluding ortho intramolecular Hbond substituents is 1. The Morgan fingerprint density at radius 2 is 2.10 bits per heavy atom. The van der Waals surface area contributed by atoms with Crippen LogP contribution in [0.2, 0.25) is 0 Å². The van der Waals surface area contributed by atoms with E-state index in [4.69, 9.17) is 0 Å². The largest absolute Gasteiger partial charge is 0.508 e. The highest BCUT2D eigenvalue weighted by Crippen LogP contribution is 2.19. The number of hydrogen-bond acceptors (Lipinski definition) is 8. The third-order valence-electron chi connectivity index (χ3n) is 2.29. The van der Waals surface area contributed by atoms with E-state index in [0.29, 0.717) is 10.8 Å². The molecule has 110 valence electrons. The van der Waals surface area contributed by atoms with E-state index in [9.17, 15) is 14.7 Å². The first kappa shape index (κ1) is 14.8. The smallest absolute Gasteiger partial charge is 0.413 e. The summed E-state index contributed by atoms with van der Waals surface area (Å²) >= 11 is 1.06.